The highest BCUT2D eigenvalue weighted by atomic mass is 15.3. The van der Waals surface area contributed by atoms with Gasteiger partial charge in [-0.25, -0.2) is 0 Å². The number of aromatic nitrogens is 5. The van der Waals surface area contributed by atoms with Crippen molar-refractivity contribution < 1.29 is 0 Å². The van der Waals surface area contributed by atoms with Gasteiger partial charge in [0.2, 0.25) is 0 Å². The van der Waals surface area contributed by atoms with E-state index in [1.165, 1.54) is 0 Å². The average Bonchev–Trinajstić information content (AvgIpc) is 2.51. The minimum atomic E-state index is 0.915. The lowest BCUT2D eigenvalue weighted by atomic mass is 10.2. The van der Waals surface area contributed by atoms with Crippen LogP contribution >= 0.6 is 0 Å². The smallest absolute Gasteiger partial charge is 0.0886 e. The van der Waals surface area contributed by atoms with Crippen molar-refractivity contribution in [2.24, 2.45) is 0 Å². The van der Waals surface area contributed by atoms with Gasteiger partial charge in [-0.05, 0) is 35.5 Å². The fourth-order valence-corrected chi connectivity index (χ4v) is 1.23. The number of hydrogen-bond donors (Lipinski definition) is 0. The summed E-state index contributed by atoms with van der Waals surface area (Å²) in [6.45, 7) is 0. The Morgan fingerprint density at radius 2 is 1.11 bits per heavy atom. The maximum Gasteiger partial charge on any atom is 0.0886 e. The standard InChI is InChI=1S/C10H8N2.C3H3N3/c1-3-7-11-9(5-1)10-6-2-4-8-12-10;1-2-4-6-5-3-1/h1-8H;1-3H. The molecule has 3 rings (SSSR count). The van der Waals surface area contributed by atoms with Crippen LogP contribution in [-0.4, -0.2) is 25.4 Å². The molecule has 3 aromatic rings. The summed E-state index contributed by atoms with van der Waals surface area (Å²) >= 11 is 0. The second kappa shape index (κ2) is 6.80. The summed E-state index contributed by atoms with van der Waals surface area (Å²) in [4.78, 5) is 8.37. The predicted molar refractivity (Wildman–Crippen MR) is 67.3 cm³/mol. The third-order valence-electron chi connectivity index (χ3n) is 2.00. The van der Waals surface area contributed by atoms with E-state index >= 15 is 0 Å². The summed E-state index contributed by atoms with van der Waals surface area (Å²) in [6, 6.07) is 13.3. The monoisotopic (exact) mass is 237 g/mol. The second-order valence-corrected chi connectivity index (χ2v) is 3.24. The molecule has 0 fully saturated rings. The molecule has 0 aromatic carbocycles. The fourth-order valence-electron chi connectivity index (χ4n) is 1.23. The van der Waals surface area contributed by atoms with Gasteiger partial charge in [0.15, 0.2) is 0 Å². The minimum Gasteiger partial charge on any atom is -0.255 e. The van der Waals surface area contributed by atoms with E-state index in [0.29, 0.717) is 0 Å². The van der Waals surface area contributed by atoms with Gasteiger partial charge in [-0.3, -0.25) is 9.97 Å². The van der Waals surface area contributed by atoms with Crippen molar-refractivity contribution in [3.05, 3.63) is 67.3 Å². The van der Waals surface area contributed by atoms with E-state index in [0.717, 1.165) is 11.4 Å². The summed E-state index contributed by atoms with van der Waals surface area (Å²) in [6.07, 6.45) is 6.69. The quantitative estimate of drug-likeness (QED) is 0.647. The van der Waals surface area contributed by atoms with Gasteiger partial charge >= 0.3 is 0 Å². The zero-order chi connectivity index (χ0) is 12.5. The molecule has 3 heterocycles. The fraction of sp³-hybridized carbons (Fsp3) is 0. The van der Waals surface area contributed by atoms with E-state index in [-0.39, 0.29) is 0 Å². The van der Waals surface area contributed by atoms with E-state index in [1.807, 2.05) is 36.4 Å². The van der Waals surface area contributed by atoms with Crippen LogP contribution in [0, 0.1) is 0 Å². The van der Waals surface area contributed by atoms with E-state index in [4.69, 9.17) is 0 Å². The van der Waals surface area contributed by atoms with Crippen LogP contribution in [0.15, 0.2) is 67.3 Å². The molecule has 0 saturated carbocycles. The molecule has 5 nitrogen and oxygen atoms in total. The maximum absolute atomic E-state index is 4.19. The van der Waals surface area contributed by atoms with Crippen molar-refractivity contribution in [1.29, 1.82) is 0 Å². The van der Waals surface area contributed by atoms with Crippen LogP contribution in [-0.2, 0) is 0 Å². The molecule has 3 aromatic heterocycles. The van der Waals surface area contributed by atoms with Crippen LogP contribution < -0.4 is 0 Å². The molecule has 0 atom stereocenters. The number of pyridine rings is 2. The highest BCUT2D eigenvalue weighted by Gasteiger charge is 1.95. The van der Waals surface area contributed by atoms with Crippen LogP contribution in [0.5, 0.6) is 0 Å². The molecule has 0 N–H and O–H groups in total. The number of nitrogens with zero attached hydrogens (tertiary/aromatic N) is 5. The van der Waals surface area contributed by atoms with Gasteiger partial charge in [0.05, 0.1) is 23.8 Å². The Balaban J connectivity index is 0.000000169. The van der Waals surface area contributed by atoms with Gasteiger partial charge in [0.25, 0.3) is 0 Å². The molecule has 0 radical (unpaired) electrons. The Bertz CT molecular complexity index is 478. The topological polar surface area (TPSA) is 64.5 Å². The van der Waals surface area contributed by atoms with Crippen LogP contribution in [0.4, 0.5) is 0 Å². The largest absolute Gasteiger partial charge is 0.255 e. The van der Waals surface area contributed by atoms with Crippen molar-refractivity contribution in [2.45, 2.75) is 0 Å². The van der Waals surface area contributed by atoms with Crippen LogP contribution in [0.1, 0.15) is 0 Å². The first-order valence-electron chi connectivity index (χ1n) is 5.37. The Morgan fingerprint density at radius 1 is 0.556 bits per heavy atom. The third-order valence-corrected chi connectivity index (χ3v) is 2.00. The van der Waals surface area contributed by atoms with Crippen molar-refractivity contribution in [2.75, 3.05) is 0 Å². The molecular formula is C13H11N5. The predicted octanol–water partition coefficient (Wildman–Crippen LogP) is 2.02. The molecule has 0 saturated heterocycles. The lowest BCUT2D eigenvalue weighted by molar-refractivity contribution is 0.865. The maximum atomic E-state index is 4.19. The molecule has 0 bridgehead atoms. The Labute approximate surface area is 105 Å². The lowest BCUT2D eigenvalue weighted by Gasteiger charge is -1.96. The zero-order valence-corrected chi connectivity index (χ0v) is 9.59. The average molecular weight is 237 g/mol. The molecule has 0 amide bonds. The van der Waals surface area contributed by atoms with Crippen molar-refractivity contribution >= 4 is 0 Å². The molecule has 0 aliphatic carbocycles. The van der Waals surface area contributed by atoms with Gasteiger partial charge in [-0.15, -0.1) is 10.2 Å². The van der Waals surface area contributed by atoms with Crippen molar-refractivity contribution in [3.8, 4) is 11.4 Å². The van der Waals surface area contributed by atoms with Gasteiger partial charge < -0.3 is 0 Å². The number of rotatable bonds is 1. The first kappa shape index (κ1) is 11.8. The second-order valence-electron chi connectivity index (χ2n) is 3.24. The summed E-state index contributed by atoms with van der Waals surface area (Å²) in [5, 5.41) is 10.1. The molecule has 0 spiro atoms. The van der Waals surface area contributed by atoms with Gasteiger partial charge in [0.1, 0.15) is 0 Å². The molecule has 0 aliphatic heterocycles. The summed E-state index contributed by atoms with van der Waals surface area (Å²) in [5.41, 5.74) is 1.83. The Morgan fingerprint density at radius 3 is 1.39 bits per heavy atom. The van der Waals surface area contributed by atoms with Crippen LogP contribution in [0.3, 0.4) is 0 Å². The Hall–Kier alpha value is -2.69. The lowest BCUT2D eigenvalue weighted by Crippen LogP contribution is -1.83. The SMILES string of the molecule is c1ccc(-c2ccccn2)nc1.c1cnnnc1. The highest BCUT2D eigenvalue weighted by molar-refractivity contribution is 5.52. The van der Waals surface area contributed by atoms with E-state index in [2.05, 4.69) is 25.4 Å². The van der Waals surface area contributed by atoms with Gasteiger partial charge in [0, 0.05) is 12.4 Å². The molecule has 5 heteroatoms. The zero-order valence-electron chi connectivity index (χ0n) is 9.59. The van der Waals surface area contributed by atoms with E-state index < -0.39 is 0 Å². The normalized spacial score (nSPS) is 9.11. The van der Waals surface area contributed by atoms with Crippen molar-refractivity contribution in [3.63, 3.8) is 0 Å². The van der Waals surface area contributed by atoms with Crippen molar-refractivity contribution in [1.82, 2.24) is 25.4 Å². The molecule has 18 heavy (non-hydrogen) atoms. The molecule has 0 unspecified atom stereocenters. The molecule has 0 aliphatic rings. The first-order chi connectivity index (χ1) is 8.97. The van der Waals surface area contributed by atoms with E-state index in [9.17, 15) is 0 Å². The highest BCUT2D eigenvalue weighted by Crippen LogP contribution is 2.10. The first-order valence-corrected chi connectivity index (χ1v) is 5.37. The van der Waals surface area contributed by atoms with Gasteiger partial charge in [-0.2, -0.15) is 0 Å². The third kappa shape index (κ3) is 3.71. The summed E-state index contributed by atoms with van der Waals surface area (Å²) in [7, 11) is 0. The molecular weight excluding hydrogens is 226 g/mol. The van der Waals surface area contributed by atoms with Crippen LogP contribution in [0.2, 0.25) is 0 Å². The summed E-state index contributed by atoms with van der Waals surface area (Å²) in [5.74, 6) is 0. The summed E-state index contributed by atoms with van der Waals surface area (Å²) < 4.78 is 0. The minimum absolute atomic E-state index is 0.915. The van der Waals surface area contributed by atoms with Gasteiger partial charge in [-0.1, -0.05) is 12.1 Å². The van der Waals surface area contributed by atoms with Crippen LogP contribution in [0.25, 0.3) is 11.4 Å². The number of hydrogen-bond acceptors (Lipinski definition) is 5. The Kier molecular flexibility index (Phi) is 4.45. The molecule has 88 valence electrons. The van der Waals surface area contributed by atoms with E-state index in [1.54, 1.807) is 30.9 Å².